The molecule has 0 aromatic heterocycles. The molecular formula is C18H14O4. The molecule has 2 aromatic rings. The highest BCUT2D eigenvalue weighted by Gasteiger charge is 1.99. The summed E-state index contributed by atoms with van der Waals surface area (Å²) in [6, 6.07) is 17.5. The van der Waals surface area contributed by atoms with Crippen LogP contribution in [0.3, 0.4) is 0 Å². The highest BCUT2D eigenvalue weighted by atomic mass is 16.5. The molecule has 0 bridgehead atoms. The van der Waals surface area contributed by atoms with Gasteiger partial charge in [-0.1, -0.05) is 48.6 Å². The van der Waals surface area contributed by atoms with Gasteiger partial charge < -0.3 is 9.47 Å². The lowest BCUT2D eigenvalue weighted by atomic mass is 10.3. The number of carbonyl (C=O) groups excluding carboxylic acids is 2. The highest BCUT2D eigenvalue weighted by Crippen LogP contribution is 2.09. The molecule has 2 aromatic carbocycles. The van der Waals surface area contributed by atoms with Crippen LogP contribution in [-0.2, 0) is 9.59 Å². The third kappa shape index (κ3) is 5.46. The molecule has 0 radical (unpaired) electrons. The van der Waals surface area contributed by atoms with Crippen LogP contribution in [0.4, 0.5) is 0 Å². The Labute approximate surface area is 128 Å². The largest absolute Gasteiger partial charge is 0.423 e. The third-order valence-corrected chi connectivity index (χ3v) is 2.50. The molecule has 0 fully saturated rings. The summed E-state index contributed by atoms with van der Waals surface area (Å²) in [5.41, 5.74) is 0. The summed E-state index contributed by atoms with van der Waals surface area (Å²) in [5, 5.41) is 0. The van der Waals surface area contributed by atoms with Crippen molar-refractivity contribution in [3.63, 3.8) is 0 Å². The van der Waals surface area contributed by atoms with E-state index in [-0.39, 0.29) is 0 Å². The van der Waals surface area contributed by atoms with E-state index >= 15 is 0 Å². The topological polar surface area (TPSA) is 52.6 Å². The van der Waals surface area contributed by atoms with Gasteiger partial charge in [0.15, 0.2) is 0 Å². The first-order valence-corrected chi connectivity index (χ1v) is 6.62. The number of hydrogen-bond acceptors (Lipinski definition) is 4. The lowest BCUT2D eigenvalue weighted by Gasteiger charge is -1.99. The van der Waals surface area contributed by atoms with E-state index in [0.717, 1.165) is 0 Å². The van der Waals surface area contributed by atoms with Crippen molar-refractivity contribution in [2.24, 2.45) is 0 Å². The first-order valence-electron chi connectivity index (χ1n) is 6.62. The van der Waals surface area contributed by atoms with E-state index in [1.807, 2.05) is 12.1 Å². The van der Waals surface area contributed by atoms with Gasteiger partial charge in [-0.3, -0.25) is 0 Å². The number of carbonyl (C=O) groups is 2. The van der Waals surface area contributed by atoms with Crippen molar-refractivity contribution < 1.29 is 19.1 Å². The standard InChI is InChI=1S/C18H14O4/c19-17(21-15-9-3-1-4-10-15)13-7-8-14-18(20)22-16-11-5-2-6-12-16/h1-14H. The van der Waals surface area contributed by atoms with Crippen molar-refractivity contribution in [2.45, 2.75) is 0 Å². The summed E-state index contributed by atoms with van der Waals surface area (Å²) < 4.78 is 10.1. The molecule has 2 rings (SSSR count). The van der Waals surface area contributed by atoms with Gasteiger partial charge in [-0.05, 0) is 24.3 Å². The molecule has 0 amide bonds. The fraction of sp³-hybridized carbons (Fsp3) is 0. The summed E-state index contributed by atoms with van der Waals surface area (Å²) in [6.45, 7) is 0. The zero-order chi connectivity index (χ0) is 15.6. The Bertz CT molecular complexity index is 611. The zero-order valence-corrected chi connectivity index (χ0v) is 11.7. The summed E-state index contributed by atoms with van der Waals surface area (Å²) in [6.07, 6.45) is 5.27. The van der Waals surface area contributed by atoms with Crippen molar-refractivity contribution in [3.8, 4) is 11.5 Å². The second-order valence-corrected chi connectivity index (χ2v) is 4.19. The summed E-state index contributed by atoms with van der Waals surface area (Å²) in [7, 11) is 0. The summed E-state index contributed by atoms with van der Waals surface area (Å²) >= 11 is 0. The van der Waals surface area contributed by atoms with E-state index in [9.17, 15) is 9.59 Å². The summed E-state index contributed by atoms with van der Waals surface area (Å²) in [5.74, 6) is -0.117. The minimum Gasteiger partial charge on any atom is -0.423 e. The van der Waals surface area contributed by atoms with Crippen LogP contribution in [0.15, 0.2) is 85.0 Å². The van der Waals surface area contributed by atoms with Crippen LogP contribution >= 0.6 is 0 Å². The fourth-order valence-electron chi connectivity index (χ4n) is 1.55. The third-order valence-electron chi connectivity index (χ3n) is 2.50. The average Bonchev–Trinajstić information content (AvgIpc) is 2.53. The molecule has 0 aliphatic carbocycles. The quantitative estimate of drug-likeness (QED) is 0.367. The Hall–Kier alpha value is -3.14. The first kappa shape index (κ1) is 15.3. The Kier molecular flexibility index (Phi) is 5.70. The molecule has 0 saturated heterocycles. The van der Waals surface area contributed by atoms with Crippen LogP contribution < -0.4 is 9.47 Å². The van der Waals surface area contributed by atoms with Gasteiger partial charge >= 0.3 is 11.9 Å². The molecule has 0 spiro atoms. The minimum atomic E-state index is -0.521. The maximum atomic E-state index is 11.5. The Morgan fingerprint density at radius 1 is 0.636 bits per heavy atom. The lowest BCUT2D eigenvalue weighted by Crippen LogP contribution is -2.04. The van der Waals surface area contributed by atoms with Crippen molar-refractivity contribution in [1.82, 2.24) is 0 Å². The molecule has 0 saturated carbocycles. The second kappa shape index (κ2) is 8.21. The van der Waals surface area contributed by atoms with Crippen LogP contribution in [0.2, 0.25) is 0 Å². The van der Waals surface area contributed by atoms with Gasteiger partial charge in [-0.25, -0.2) is 9.59 Å². The number of allylic oxidation sites excluding steroid dienone is 2. The van der Waals surface area contributed by atoms with Gasteiger partial charge in [-0.2, -0.15) is 0 Å². The predicted molar refractivity (Wildman–Crippen MR) is 82.4 cm³/mol. The number of hydrogen-bond donors (Lipinski definition) is 0. The molecule has 4 nitrogen and oxygen atoms in total. The van der Waals surface area contributed by atoms with E-state index < -0.39 is 11.9 Å². The van der Waals surface area contributed by atoms with Crippen LogP contribution in [0, 0.1) is 0 Å². The van der Waals surface area contributed by atoms with Gasteiger partial charge in [0, 0.05) is 12.2 Å². The molecule has 0 aliphatic rings. The van der Waals surface area contributed by atoms with E-state index in [2.05, 4.69) is 0 Å². The van der Waals surface area contributed by atoms with Crippen molar-refractivity contribution in [3.05, 3.63) is 85.0 Å². The van der Waals surface area contributed by atoms with Gasteiger partial charge in [0.1, 0.15) is 11.5 Å². The van der Waals surface area contributed by atoms with Crippen LogP contribution in [0.1, 0.15) is 0 Å². The van der Waals surface area contributed by atoms with Crippen molar-refractivity contribution >= 4 is 11.9 Å². The maximum Gasteiger partial charge on any atom is 0.336 e. The molecule has 0 unspecified atom stereocenters. The molecule has 22 heavy (non-hydrogen) atoms. The maximum absolute atomic E-state index is 11.5. The van der Waals surface area contributed by atoms with Gasteiger partial charge in [0.25, 0.3) is 0 Å². The van der Waals surface area contributed by atoms with Gasteiger partial charge in [0.2, 0.25) is 0 Å². The minimum absolute atomic E-state index is 0.463. The van der Waals surface area contributed by atoms with Gasteiger partial charge in [0.05, 0.1) is 0 Å². The predicted octanol–water partition coefficient (Wildman–Crippen LogP) is 3.31. The first-order chi connectivity index (χ1) is 10.7. The average molecular weight is 294 g/mol. The van der Waals surface area contributed by atoms with Crippen molar-refractivity contribution in [2.75, 3.05) is 0 Å². The Morgan fingerprint density at radius 3 is 1.36 bits per heavy atom. The molecule has 0 heterocycles. The fourth-order valence-corrected chi connectivity index (χ4v) is 1.55. The monoisotopic (exact) mass is 294 g/mol. The molecule has 0 atom stereocenters. The molecule has 110 valence electrons. The van der Waals surface area contributed by atoms with E-state index in [0.29, 0.717) is 11.5 Å². The zero-order valence-electron chi connectivity index (χ0n) is 11.7. The van der Waals surface area contributed by atoms with Crippen LogP contribution in [-0.4, -0.2) is 11.9 Å². The normalized spacial score (nSPS) is 10.7. The number of para-hydroxylation sites is 2. The van der Waals surface area contributed by atoms with E-state index in [1.165, 1.54) is 24.3 Å². The second-order valence-electron chi connectivity index (χ2n) is 4.19. The number of benzene rings is 2. The highest BCUT2D eigenvalue weighted by molar-refractivity contribution is 5.86. The van der Waals surface area contributed by atoms with E-state index in [4.69, 9.17) is 9.47 Å². The Balaban J connectivity index is 1.79. The Morgan fingerprint density at radius 2 is 1.00 bits per heavy atom. The number of ether oxygens (including phenoxy) is 2. The summed E-state index contributed by atoms with van der Waals surface area (Å²) in [4.78, 5) is 23.0. The van der Waals surface area contributed by atoms with Gasteiger partial charge in [-0.15, -0.1) is 0 Å². The molecular weight excluding hydrogens is 280 g/mol. The smallest absolute Gasteiger partial charge is 0.336 e. The van der Waals surface area contributed by atoms with E-state index in [1.54, 1.807) is 48.5 Å². The van der Waals surface area contributed by atoms with Crippen molar-refractivity contribution in [1.29, 1.82) is 0 Å². The molecule has 0 aliphatic heterocycles. The number of rotatable bonds is 5. The SMILES string of the molecule is O=C(C=CC=CC(=O)Oc1ccccc1)Oc1ccccc1. The molecule has 4 heteroatoms. The molecule has 0 N–H and O–H groups in total. The lowest BCUT2D eigenvalue weighted by molar-refractivity contribution is -0.130. The van der Waals surface area contributed by atoms with Crippen LogP contribution in [0.25, 0.3) is 0 Å². The van der Waals surface area contributed by atoms with Crippen LogP contribution in [0.5, 0.6) is 11.5 Å². The number of esters is 2.